The van der Waals surface area contributed by atoms with E-state index in [1.165, 1.54) is 0 Å². The first-order valence-electron chi connectivity index (χ1n) is 6.93. The van der Waals surface area contributed by atoms with Crippen LogP contribution in [0.4, 0.5) is 0 Å². The van der Waals surface area contributed by atoms with Crippen LogP contribution in [0.15, 0.2) is 24.3 Å². The number of fused-ring (bicyclic) bond motifs is 1. The third-order valence-corrected chi connectivity index (χ3v) is 5.83. The average molecular weight is 306 g/mol. The van der Waals surface area contributed by atoms with Gasteiger partial charge in [-0.25, -0.2) is 8.42 Å². The number of carbonyl (C=O) groups excluding carboxylic acids is 1. The molecule has 1 amide bonds. The number of hydrogen-bond acceptors (Lipinski definition) is 3. The average Bonchev–Trinajstić information content (AvgIpc) is 2.99. The van der Waals surface area contributed by atoms with E-state index >= 15 is 0 Å². The first kappa shape index (κ1) is 14.1. The van der Waals surface area contributed by atoms with Crippen molar-refractivity contribution in [2.75, 3.05) is 18.6 Å². The van der Waals surface area contributed by atoms with E-state index < -0.39 is 9.84 Å². The Kier molecular flexibility index (Phi) is 3.28. The van der Waals surface area contributed by atoms with Crippen LogP contribution in [0.3, 0.4) is 0 Å². The van der Waals surface area contributed by atoms with Crippen molar-refractivity contribution in [1.29, 1.82) is 0 Å². The van der Waals surface area contributed by atoms with Crippen LogP contribution in [-0.4, -0.2) is 48.8 Å². The number of aromatic nitrogens is 1. The Bertz CT molecular complexity index is 807. The molecular weight excluding hydrogens is 288 g/mol. The fourth-order valence-corrected chi connectivity index (χ4v) is 4.58. The van der Waals surface area contributed by atoms with E-state index in [1.807, 2.05) is 31.2 Å². The minimum absolute atomic E-state index is 0.0641. The van der Waals surface area contributed by atoms with Crippen molar-refractivity contribution in [3.8, 4) is 0 Å². The van der Waals surface area contributed by atoms with Crippen LogP contribution in [0.5, 0.6) is 0 Å². The van der Waals surface area contributed by atoms with Crippen LogP contribution >= 0.6 is 0 Å². The lowest BCUT2D eigenvalue weighted by molar-refractivity contribution is 0.0743. The number of nitrogens with one attached hydrogen (secondary N) is 1. The Labute approximate surface area is 123 Å². The molecule has 3 rings (SSSR count). The van der Waals surface area contributed by atoms with Gasteiger partial charge in [-0.3, -0.25) is 4.79 Å². The van der Waals surface area contributed by atoms with Crippen molar-refractivity contribution in [1.82, 2.24) is 9.88 Å². The third-order valence-electron chi connectivity index (χ3n) is 4.08. The first-order chi connectivity index (χ1) is 9.85. The predicted molar refractivity (Wildman–Crippen MR) is 82.2 cm³/mol. The summed E-state index contributed by atoms with van der Waals surface area (Å²) in [4.78, 5) is 17.1. The van der Waals surface area contributed by atoms with Crippen molar-refractivity contribution >= 4 is 26.6 Å². The van der Waals surface area contributed by atoms with Crippen molar-refractivity contribution in [2.24, 2.45) is 0 Å². The van der Waals surface area contributed by atoms with Gasteiger partial charge in [0.05, 0.1) is 11.5 Å². The molecule has 1 atom stereocenters. The normalized spacial score (nSPS) is 20.8. The summed E-state index contributed by atoms with van der Waals surface area (Å²) in [6, 6.07) is 7.55. The second-order valence-corrected chi connectivity index (χ2v) is 7.98. The van der Waals surface area contributed by atoms with Gasteiger partial charge in [0.2, 0.25) is 0 Å². The number of aryl methyl sites for hydroxylation is 1. The number of benzene rings is 1. The molecule has 1 aromatic carbocycles. The summed E-state index contributed by atoms with van der Waals surface area (Å²) in [6.45, 7) is 2.00. The number of rotatable bonds is 2. The highest BCUT2D eigenvalue weighted by Gasteiger charge is 2.33. The fraction of sp³-hybridized carbons (Fsp3) is 0.400. The summed E-state index contributed by atoms with van der Waals surface area (Å²) in [7, 11) is -1.32. The second-order valence-electron chi connectivity index (χ2n) is 5.75. The molecule has 1 aromatic heterocycles. The maximum Gasteiger partial charge on any atom is 0.270 e. The lowest BCUT2D eigenvalue weighted by Gasteiger charge is -2.22. The summed E-state index contributed by atoms with van der Waals surface area (Å²) in [5, 5.41) is 0.991. The minimum Gasteiger partial charge on any atom is -0.351 e. The van der Waals surface area contributed by atoms with Gasteiger partial charge in [-0.15, -0.1) is 0 Å². The Hall–Kier alpha value is -1.82. The smallest absolute Gasteiger partial charge is 0.270 e. The van der Waals surface area contributed by atoms with Gasteiger partial charge in [0.1, 0.15) is 5.69 Å². The predicted octanol–water partition coefficient (Wildman–Crippen LogP) is 1.74. The van der Waals surface area contributed by atoms with Gasteiger partial charge in [0.25, 0.3) is 5.91 Å². The highest BCUT2D eigenvalue weighted by molar-refractivity contribution is 7.91. The minimum atomic E-state index is -2.99. The van der Waals surface area contributed by atoms with E-state index in [0.29, 0.717) is 12.1 Å². The SMILES string of the molecule is Cc1ccc2[nH]c(C(=O)N(C)[C@@H]3CCS(=O)(=O)C3)cc2c1. The topological polar surface area (TPSA) is 70.2 Å². The number of hydrogen-bond donors (Lipinski definition) is 1. The molecule has 112 valence electrons. The molecule has 0 aliphatic carbocycles. The van der Waals surface area contributed by atoms with Gasteiger partial charge in [-0.2, -0.15) is 0 Å². The molecule has 6 heteroatoms. The van der Waals surface area contributed by atoms with Crippen molar-refractivity contribution in [3.05, 3.63) is 35.5 Å². The maximum absolute atomic E-state index is 12.5. The summed E-state index contributed by atoms with van der Waals surface area (Å²) in [5.41, 5.74) is 2.55. The molecule has 0 spiro atoms. The molecular formula is C15H18N2O3S. The van der Waals surface area contributed by atoms with Crippen LogP contribution in [0.25, 0.3) is 10.9 Å². The molecule has 0 saturated carbocycles. The molecule has 5 nitrogen and oxygen atoms in total. The Morgan fingerprint density at radius 2 is 2.10 bits per heavy atom. The Morgan fingerprint density at radius 3 is 2.76 bits per heavy atom. The fourth-order valence-electron chi connectivity index (χ4n) is 2.80. The number of H-pyrrole nitrogens is 1. The largest absolute Gasteiger partial charge is 0.351 e. The van der Waals surface area contributed by atoms with E-state index in [1.54, 1.807) is 11.9 Å². The number of amides is 1. The van der Waals surface area contributed by atoms with Gasteiger partial charge in [-0.05, 0) is 31.5 Å². The quantitative estimate of drug-likeness (QED) is 0.918. The molecule has 1 saturated heterocycles. The van der Waals surface area contributed by atoms with Gasteiger partial charge in [0, 0.05) is 24.0 Å². The molecule has 1 fully saturated rings. The van der Waals surface area contributed by atoms with Crippen LogP contribution in [0.1, 0.15) is 22.5 Å². The molecule has 0 unspecified atom stereocenters. The molecule has 0 radical (unpaired) electrons. The highest BCUT2D eigenvalue weighted by Crippen LogP contribution is 2.21. The summed E-state index contributed by atoms with van der Waals surface area (Å²) < 4.78 is 23.1. The molecule has 2 heterocycles. The summed E-state index contributed by atoms with van der Waals surface area (Å²) >= 11 is 0. The highest BCUT2D eigenvalue weighted by atomic mass is 32.2. The molecule has 2 aromatic rings. The van der Waals surface area contributed by atoms with Crippen LogP contribution < -0.4 is 0 Å². The van der Waals surface area contributed by atoms with Crippen LogP contribution in [0, 0.1) is 6.92 Å². The maximum atomic E-state index is 12.5. The lowest BCUT2D eigenvalue weighted by Crippen LogP contribution is -2.37. The molecule has 1 N–H and O–H groups in total. The molecule has 1 aliphatic heterocycles. The van der Waals surface area contributed by atoms with E-state index in [-0.39, 0.29) is 23.5 Å². The van der Waals surface area contributed by atoms with Gasteiger partial charge in [-0.1, -0.05) is 11.6 Å². The number of carbonyl (C=O) groups is 1. The van der Waals surface area contributed by atoms with E-state index in [2.05, 4.69) is 4.98 Å². The number of nitrogens with zero attached hydrogens (tertiary/aromatic N) is 1. The van der Waals surface area contributed by atoms with Gasteiger partial charge >= 0.3 is 0 Å². The summed E-state index contributed by atoms with van der Waals surface area (Å²) in [6.07, 6.45) is 0.518. The van der Waals surface area contributed by atoms with Gasteiger partial charge < -0.3 is 9.88 Å². The number of aromatic amines is 1. The van der Waals surface area contributed by atoms with Crippen LogP contribution in [0.2, 0.25) is 0 Å². The van der Waals surface area contributed by atoms with Crippen molar-refractivity contribution < 1.29 is 13.2 Å². The zero-order valence-electron chi connectivity index (χ0n) is 12.1. The standard InChI is InChI=1S/C15H18N2O3S/c1-10-3-4-13-11(7-10)8-14(16-13)15(18)17(2)12-5-6-21(19,20)9-12/h3-4,7-8,12,16H,5-6,9H2,1-2H3/t12-/m1/s1. The van der Waals surface area contributed by atoms with Gasteiger partial charge in [0.15, 0.2) is 9.84 Å². The lowest BCUT2D eigenvalue weighted by atomic mass is 10.2. The molecule has 0 bridgehead atoms. The van der Waals surface area contributed by atoms with E-state index in [9.17, 15) is 13.2 Å². The first-order valence-corrected chi connectivity index (χ1v) is 8.75. The number of sulfone groups is 1. The summed E-state index contributed by atoms with van der Waals surface area (Å²) in [5.74, 6) is 0.0707. The zero-order valence-corrected chi connectivity index (χ0v) is 12.9. The molecule has 1 aliphatic rings. The van der Waals surface area contributed by atoms with Crippen molar-refractivity contribution in [3.63, 3.8) is 0 Å². The molecule has 21 heavy (non-hydrogen) atoms. The Balaban J connectivity index is 1.86. The zero-order chi connectivity index (χ0) is 15.2. The monoisotopic (exact) mass is 306 g/mol. The third kappa shape index (κ3) is 2.68. The Morgan fingerprint density at radius 1 is 1.33 bits per heavy atom. The van der Waals surface area contributed by atoms with E-state index in [0.717, 1.165) is 16.5 Å². The van der Waals surface area contributed by atoms with Crippen molar-refractivity contribution in [2.45, 2.75) is 19.4 Å². The second kappa shape index (κ2) is 4.87. The van der Waals surface area contributed by atoms with E-state index in [4.69, 9.17) is 0 Å². The van der Waals surface area contributed by atoms with Crippen LogP contribution in [-0.2, 0) is 9.84 Å².